The predicted molar refractivity (Wildman–Crippen MR) is 69.6 cm³/mol. The normalized spacial score (nSPS) is 20.3. The summed E-state index contributed by atoms with van der Waals surface area (Å²) in [5.41, 5.74) is 0.858. The number of piperidine rings is 1. The molecule has 1 N–H and O–H groups in total. The fourth-order valence-corrected chi connectivity index (χ4v) is 2.26. The lowest BCUT2D eigenvalue weighted by Gasteiger charge is -2.28. The van der Waals surface area contributed by atoms with Gasteiger partial charge in [-0.1, -0.05) is 6.07 Å². The van der Waals surface area contributed by atoms with Gasteiger partial charge in [-0.05, 0) is 34.5 Å². The lowest BCUT2D eigenvalue weighted by atomic mass is 10.0. The zero-order valence-electron chi connectivity index (χ0n) is 10.0. The number of nitrogens with one attached hydrogen (secondary N) is 1. The SMILES string of the molecule is CN1C(=O)CCC(NCc2cccc(Br)n2)C1=O. The van der Waals surface area contributed by atoms with Gasteiger partial charge in [-0.2, -0.15) is 0 Å². The Morgan fingerprint density at radius 1 is 1.50 bits per heavy atom. The summed E-state index contributed by atoms with van der Waals surface area (Å²) in [6, 6.07) is 5.34. The van der Waals surface area contributed by atoms with Gasteiger partial charge in [0.1, 0.15) is 4.60 Å². The summed E-state index contributed by atoms with van der Waals surface area (Å²) in [7, 11) is 1.52. The molecule has 18 heavy (non-hydrogen) atoms. The summed E-state index contributed by atoms with van der Waals surface area (Å²) in [5, 5.41) is 3.14. The number of carbonyl (C=O) groups excluding carboxylic acids is 2. The van der Waals surface area contributed by atoms with E-state index in [4.69, 9.17) is 0 Å². The first kappa shape index (κ1) is 13.2. The van der Waals surface area contributed by atoms with Crippen molar-refractivity contribution >= 4 is 27.7 Å². The molecule has 1 saturated heterocycles. The van der Waals surface area contributed by atoms with E-state index in [1.54, 1.807) is 0 Å². The monoisotopic (exact) mass is 311 g/mol. The Labute approximate surface area is 114 Å². The number of likely N-dealkylation sites (N-methyl/N-ethyl adjacent to an activating group) is 1. The van der Waals surface area contributed by atoms with E-state index in [9.17, 15) is 9.59 Å². The first-order valence-corrected chi connectivity index (χ1v) is 6.52. The van der Waals surface area contributed by atoms with Crippen molar-refractivity contribution in [3.8, 4) is 0 Å². The Morgan fingerprint density at radius 3 is 3.00 bits per heavy atom. The Balaban J connectivity index is 1.94. The van der Waals surface area contributed by atoms with Crippen molar-refractivity contribution in [1.29, 1.82) is 0 Å². The van der Waals surface area contributed by atoms with Crippen LogP contribution in [0.5, 0.6) is 0 Å². The van der Waals surface area contributed by atoms with Crippen LogP contribution in [0, 0.1) is 0 Å². The highest BCUT2D eigenvalue weighted by Gasteiger charge is 2.31. The average molecular weight is 312 g/mol. The summed E-state index contributed by atoms with van der Waals surface area (Å²) in [6.07, 6.45) is 0.960. The van der Waals surface area contributed by atoms with Crippen LogP contribution in [-0.2, 0) is 16.1 Å². The van der Waals surface area contributed by atoms with E-state index in [2.05, 4.69) is 26.2 Å². The molecule has 1 aliphatic rings. The summed E-state index contributed by atoms with van der Waals surface area (Å²) in [6.45, 7) is 0.512. The van der Waals surface area contributed by atoms with E-state index in [1.165, 1.54) is 11.9 Å². The average Bonchev–Trinajstić information content (AvgIpc) is 2.35. The van der Waals surface area contributed by atoms with Gasteiger partial charge in [0.25, 0.3) is 0 Å². The molecule has 0 bridgehead atoms. The van der Waals surface area contributed by atoms with Crippen molar-refractivity contribution in [1.82, 2.24) is 15.2 Å². The smallest absolute Gasteiger partial charge is 0.246 e. The summed E-state index contributed by atoms with van der Waals surface area (Å²) in [5.74, 6) is -0.278. The van der Waals surface area contributed by atoms with Crippen LogP contribution in [-0.4, -0.2) is 34.8 Å². The number of rotatable bonds is 3. The van der Waals surface area contributed by atoms with Crippen molar-refractivity contribution in [2.24, 2.45) is 0 Å². The number of hydrogen-bond acceptors (Lipinski definition) is 4. The summed E-state index contributed by atoms with van der Waals surface area (Å²) >= 11 is 3.30. The third-order valence-corrected chi connectivity index (χ3v) is 3.39. The lowest BCUT2D eigenvalue weighted by Crippen LogP contribution is -2.51. The molecule has 6 heteroatoms. The van der Waals surface area contributed by atoms with Crippen molar-refractivity contribution in [3.05, 3.63) is 28.5 Å². The van der Waals surface area contributed by atoms with Gasteiger partial charge in [-0.15, -0.1) is 0 Å². The number of pyridine rings is 1. The molecule has 0 spiro atoms. The number of aromatic nitrogens is 1. The van der Waals surface area contributed by atoms with Gasteiger partial charge >= 0.3 is 0 Å². The van der Waals surface area contributed by atoms with Gasteiger partial charge in [-0.3, -0.25) is 14.5 Å². The van der Waals surface area contributed by atoms with Crippen LogP contribution < -0.4 is 5.32 Å². The maximum absolute atomic E-state index is 11.8. The van der Waals surface area contributed by atoms with Crippen LogP contribution in [0.4, 0.5) is 0 Å². The van der Waals surface area contributed by atoms with Gasteiger partial charge in [-0.25, -0.2) is 4.98 Å². The Bertz CT molecular complexity index is 478. The molecule has 0 saturated carbocycles. The van der Waals surface area contributed by atoms with Gasteiger partial charge in [0.15, 0.2) is 0 Å². The zero-order chi connectivity index (χ0) is 13.1. The van der Waals surface area contributed by atoms with Crippen molar-refractivity contribution < 1.29 is 9.59 Å². The second-order valence-corrected chi connectivity index (χ2v) is 5.03. The first-order valence-electron chi connectivity index (χ1n) is 5.73. The molecule has 1 atom stereocenters. The third kappa shape index (κ3) is 2.94. The Hall–Kier alpha value is -1.27. The third-order valence-electron chi connectivity index (χ3n) is 2.95. The lowest BCUT2D eigenvalue weighted by molar-refractivity contribution is -0.148. The van der Waals surface area contributed by atoms with Crippen LogP contribution in [0.2, 0.25) is 0 Å². The zero-order valence-corrected chi connectivity index (χ0v) is 11.6. The van der Waals surface area contributed by atoms with Crippen LogP contribution >= 0.6 is 15.9 Å². The molecular formula is C12H14BrN3O2. The predicted octanol–water partition coefficient (Wildman–Crippen LogP) is 1.08. The minimum atomic E-state index is -0.298. The van der Waals surface area contributed by atoms with E-state index in [0.29, 0.717) is 19.4 Å². The molecule has 1 aliphatic heterocycles. The molecule has 5 nitrogen and oxygen atoms in total. The molecule has 0 aromatic carbocycles. The second kappa shape index (κ2) is 5.58. The van der Waals surface area contributed by atoms with Crippen molar-refractivity contribution in [3.63, 3.8) is 0 Å². The summed E-state index contributed by atoms with van der Waals surface area (Å²) in [4.78, 5) is 28.6. The number of likely N-dealkylation sites (tertiary alicyclic amines) is 1. The molecule has 2 rings (SSSR count). The van der Waals surface area contributed by atoms with E-state index < -0.39 is 0 Å². The van der Waals surface area contributed by atoms with Gasteiger partial charge in [0.2, 0.25) is 11.8 Å². The maximum Gasteiger partial charge on any atom is 0.246 e. The topological polar surface area (TPSA) is 62.3 Å². The molecular weight excluding hydrogens is 298 g/mol. The van der Waals surface area contributed by atoms with Crippen molar-refractivity contribution in [2.75, 3.05) is 7.05 Å². The number of imide groups is 1. The van der Waals surface area contributed by atoms with Crippen LogP contribution in [0.25, 0.3) is 0 Å². The Morgan fingerprint density at radius 2 is 2.28 bits per heavy atom. The second-order valence-electron chi connectivity index (χ2n) is 4.21. The quantitative estimate of drug-likeness (QED) is 0.670. The molecule has 1 aromatic heterocycles. The number of hydrogen-bond donors (Lipinski definition) is 1. The molecule has 1 unspecified atom stereocenters. The largest absolute Gasteiger partial charge is 0.300 e. The van der Waals surface area contributed by atoms with E-state index >= 15 is 0 Å². The molecule has 0 aliphatic carbocycles. The van der Waals surface area contributed by atoms with E-state index in [1.807, 2.05) is 18.2 Å². The first-order chi connectivity index (χ1) is 8.58. The van der Waals surface area contributed by atoms with Gasteiger partial charge in [0, 0.05) is 20.0 Å². The Kier molecular flexibility index (Phi) is 4.08. The molecule has 2 amide bonds. The number of nitrogens with zero attached hydrogens (tertiary/aromatic N) is 2. The molecule has 2 heterocycles. The molecule has 96 valence electrons. The van der Waals surface area contributed by atoms with Gasteiger partial charge in [0.05, 0.1) is 11.7 Å². The van der Waals surface area contributed by atoms with E-state index in [-0.39, 0.29) is 17.9 Å². The number of amides is 2. The van der Waals surface area contributed by atoms with Crippen LogP contribution in [0.3, 0.4) is 0 Å². The minimum absolute atomic E-state index is 0.112. The fraction of sp³-hybridized carbons (Fsp3) is 0.417. The minimum Gasteiger partial charge on any atom is -0.300 e. The molecule has 1 fully saturated rings. The molecule has 0 radical (unpaired) electrons. The van der Waals surface area contributed by atoms with Gasteiger partial charge < -0.3 is 5.32 Å². The summed E-state index contributed by atoms with van der Waals surface area (Å²) < 4.78 is 0.768. The highest BCUT2D eigenvalue weighted by molar-refractivity contribution is 9.10. The number of carbonyl (C=O) groups is 2. The maximum atomic E-state index is 11.8. The molecule has 1 aromatic rings. The highest BCUT2D eigenvalue weighted by Crippen LogP contribution is 2.12. The van der Waals surface area contributed by atoms with Crippen molar-refractivity contribution in [2.45, 2.75) is 25.4 Å². The van der Waals surface area contributed by atoms with E-state index in [0.717, 1.165) is 10.3 Å². The highest BCUT2D eigenvalue weighted by atomic mass is 79.9. The van der Waals surface area contributed by atoms with Crippen LogP contribution in [0.15, 0.2) is 22.8 Å². The van der Waals surface area contributed by atoms with Crippen LogP contribution in [0.1, 0.15) is 18.5 Å². The number of halogens is 1. The standard InChI is InChI=1S/C12H14BrN3O2/c1-16-11(17)6-5-9(12(16)18)14-7-8-3-2-4-10(13)15-8/h2-4,9,14H,5-7H2,1H3. The fourth-order valence-electron chi connectivity index (χ4n) is 1.88.